The molecule has 2 N–H and O–H groups in total. The first-order valence-corrected chi connectivity index (χ1v) is 10.7. The minimum Gasteiger partial charge on any atom is -0.497 e. The zero-order valence-corrected chi connectivity index (χ0v) is 18.7. The predicted molar refractivity (Wildman–Crippen MR) is 119 cm³/mol. The molecular formula is C23H24ClF3N2O4. The van der Waals surface area contributed by atoms with Crippen LogP contribution in [0.5, 0.6) is 11.5 Å². The van der Waals surface area contributed by atoms with Crippen LogP contribution in [0.3, 0.4) is 0 Å². The van der Waals surface area contributed by atoms with Gasteiger partial charge in [-0.3, -0.25) is 0 Å². The summed E-state index contributed by atoms with van der Waals surface area (Å²) in [5, 5.41) is 12.7. The number of ether oxygens (including phenoxy) is 2. The summed E-state index contributed by atoms with van der Waals surface area (Å²) in [5.74, 6) is -0.977. The Hall–Kier alpha value is -2.91. The molecule has 0 unspecified atom stereocenters. The van der Waals surface area contributed by atoms with E-state index in [1.807, 2.05) is 30.3 Å². The van der Waals surface area contributed by atoms with E-state index in [2.05, 4.69) is 22.0 Å². The average Bonchev–Trinajstić information content (AvgIpc) is 3.10. The molecule has 1 aliphatic rings. The molecule has 2 heterocycles. The highest BCUT2D eigenvalue weighted by atomic mass is 35.5. The zero-order chi connectivity index (χ0) is 24.0. The molecule has 0 aliphatic carbocycles. The largest absolute Gasteiger partial charge is 0.497 e. The maximum absolute atomic E-state index is 10.6. The number of carboxylic acid groups (broad SMARTS) is 1. The summed E-state index contributed by atoms with van der Waals surface area (Å²) in [6, 6.07) is 13.9. The van der Waals surface area contributed by atoms with Crippen molar-refractivity contribution in [3.05, 3.63) is 58.7 Å². The highest BCUT2D eigenvalue weighted by Crippen LogP contribution is 2.31. The van der Waals surface area contributed by atoms with Crippen LogP contribution in [-0.4, -0.2) is 42.1 Å². The molecule has 0 amide bonds. The van der Waals surface area contributed by atoms with Gasteiger partial charge in [0.05, 0.1) is 13.7 Å². The number of nitrogens with zero attached hydrogens (tertiary/aromatic N) is 1. The van der Waals surface area contributed by atoms with E-state index in [0.29, 0.717) is 6.61 Å². The lowest BCUT2D eigenvalue weighted by Crippen LogP contribution is -2.25. The summed E-state index contributed by atoms with van der Waals surface area (Å²) in [4.78, 5) is 8.90. The van der Waals surface area contributed by atoms with Gasteiger partial charge in [-0.05, 0) is 67.4 Å². The average molecular weight is 485 g/mol. The number of aryl methyl sites for hydroxylation is 1. The number of alkyl halides is 3. The van der Waals surface area contributed by atoms with E-state index < -0.39 is 12.1 Å². The molecule has 6 nitrogen and oxygen atoms in total. The van der Waals surface area contributed by atoms with Gasteiger partial charge in [-0.1, -0.05) is 11.6 Å². The lowest BCUT2D eigenvalue weighted by molar-refractivity contribution is -0.192. The van der Waals surface area contributed by atoms with Gasteiger partial charge >= 0.3 is 12.1 Å². The molecule has 33 heavy (non-hydrogen) atoms. The number of rotatable bonds is 6. The number of aliphatic carboxylic acids is 1. The summed E-state index contributed by atoms with van der Waals surface area (Å²) < 4.78 is 45.4. The number of benzene rings is 2. The zero-order valence-electron chi connectivity index (χ0n) is 17.9. The van der Waals surface area contributed by atoms with Crippen molar-refractivity contribution in [2.75, 3.05) is 20.3 Å². The Kier molecular flexibility index (Phi) is 8.10. The van der Waals surface area contributed by atoms with E-state index in [1.165, 1.54) is 22.2 Å². The van der Waals surface area contributed by atoms with Crippen molar-refractivity contribution in [3.63, 3.8) is 0 Å². The highest BCUT2D eigenvalue weighted by molar-refractivity contribution is 6.30. The van der Waals surface area contributed by atoms with Gasteiger partial charge in [0.15, 0.2) is 0 Å². The van der Waals surface area contributed by atoms with E-state index in [9.17, 15) is 13.2 Å². The first-order valence-electron chi connectivity index (χ1n) is 10.3. The summed E-state index contributed by atoms with van der Waals surface area (Å²) in [6.45, 7) is 3.57. The highest BCUT2D eigenvalue weighted by Gasteiger charge is 2.38. The molecule has 10 heteroatoms. The second kappa shape index (κ2) is 10.8. The van der Waals surface area contributed by atoms with Crippen LogP contribution in [0.1, 0.15) is 17.7 Å². The Labute approximate surface area is 193 Å². The van der Waals surface area contributed by atoms with Crippen LogP contribution in [0.15, 0.2) is 42.5 Å². The lowest BCUT2D eigenvalue weighted by Gasteiger charge is -2.17. The maximum atomic E-state index is 10.6. The number of hydrogen-bond acceptors (Lipinski definition) is 4. The SMILES string of the molecule is COc1ccc2c(c1)c1c(n2CCCOc2ccc(Cl)cc2)CNCC1.O=C(O)C(F)(F)F. The van der Waals surface area contributed by atoms with Gasteiger partial charge < -0.3 is 24.5 Å². The van der Waals surface area contributed by atoms with Gasteiger partial charge in [-0.2, -0.15) is 13.2 Å². The van der Waals surface area contributed by atoms with Crippen LogP contribution in [0, 0.1) is 0 Å². The number of methoxy groups -OCH3 is 1. The van der Waals surface area contributed by atoms with Crippen molar-refractivity contribution in [2.45, 2.75) is 32.1 Å². The topological polar surface area (TPSA) is 72.7 Å². The summed E-state index contributed by atoms with van der Waals surface area (Å²) in [6.07, 6.45) is -3.07. The van der Waals surface area contributed by atoms with E-state index in [0.717, 1.165) is 49.0 Å². The van der Waals surface area contributed by atoms with Gasteiger partial charge in [-0.15, -0.1) is 0 Å². The standard InChI is InChI=1S/C21H23ClN2O2.C2HF3O2/c1-25-17-7-8-20-19(13-17)18-9-10-23-14-21(18)24(20)11-2-12-26-16-5-3-15(22)4-6-16;3-2(4,5)1(6)7/h3-8,13,23H,2,9-12,14H2,1H3;(H,6,7). The quantitative estimate of drug-likeness (QED) is 0.479. The number of fused-ring (bicyclic) bond motifs is 3. The normalized spacial score (nSPS) is 13.1. The Morgan fingerprint density at radius 1 is 1.18 bits per heavy atom. The molecule has 3 aromatic rings. The van der Waals surface area contributed by atoms with E-state index >= 15 is 0 Å². The van der Waals surface area contributed by atoms with Crippen molar-refractivity contribution in [1.82, 2.24) is 9.88 Å². The summed E-state index contributed by atoms with van der Waals surface area (Å²) in [7, 11) is 1.72. The molecule has 0 saturated carbocycles. The molecule has 2 aromatic carbocycles. The van der Waals surface area contributed by atoms with Gasteiger partial charge in [0.25, 0.3) is 0 Å². The third-order valence-electron chi connectivity index (χ3n) is 5.19. The van der Waals surface area contributed by atoms with Crippen molar-refractivity contribution < 1.29 is 32.5 Å². The fraction of sp³-hybridized carbons (Fsp3) is 0.348. The van der Waals surface area contributed by atoms with Gasteiger partial charge in [0, 0.05) is 34.7 Å². The number of aromatic nitrogens is 1. The molecule has 0 saturated heterocycles. The van der Waals surface area contributed by atoms with Crippen molar-refractivity contribution in [2.24, 2.45) is 0 Å². The second-order valence-electron chi connectivity index (χ2n) is 7.35. The summed E-state index contributed by atoms with van der Waals surface area (Å²) >= 11 is 5.91. The smallest absolute Gasteiger partial charge is 0.490 e. The predicted octanol–water partition coefficient (Wildman–Crippen LogP) is 5.05. The van der Waals surface area contributed by atoms with Crippen LogP contribution >= 0.6 is 11.6 Å². The fourth-order valence-electron chi connectivity index (χ4n) is 3.68. The minimum atomic E-state index is -5.08. The molecule has 0 radical (unpaired) electrons. The molecule has 178 valence electrons. The second-order valence-corrected chi connectivity index (χ2v) is 7.78. The first kappa shape index (κ1) is 24.7. The molecule has 0 fully saturated rings. The molecule has 1 aliphatic heterocycles. The van der Waals surface area contributed by atoms with E-state index in [4.69, 9.17) is 31.0 Å². The first-order chi connectivity index (χ1) is 15.7. The van der Waals surface area contributed by atoms with Crippen molar-refractivity contribution in [1.29, 1.82) is 0 Å². The minimum absolute atomic E-state index is 0.680. The molecule has 4 rings (SSSR count). The van der Waals surface area contributed by atoms with Gasteiger partial charge in [0.1, 0.15) is 11.5 Å². The molecule has 0 bridgehead atoms. The number of carbonyl (C=O) groups is 1. The van der Waals surface area contributed by atoms with Crippen LogP contribution in [0.25, 0.3) is 10.9 Å². The number of hydrogen-bond donors (Lipinski definition) is 2. The van der Waals surface area contributed by atoms with Crippen LogP contribution in [-0.2, 0) is 24.3 Å². The fourth-order valence-corrected chi connectivity index (χ4v) is 3.81. The van der Waals surface area contributed by atoms with Gasteiger partial charge in [-0.25, -0.2) is 4.79 Å². The van der Waals surface area contributed by atoms with Crippen molar-refractivity contribution in [3.8, 4) is 11.5 Å². The van der Waals surface area contributed by atoms with Crippen LogP contribution < -0.4 is 14.8 Å². The molecule has 0 spiro atoms. The Morgan fingerprint density at radius 2 is 1.85 bits per heavy atom. The van der Waals surface area contributed by atoms with E-state index in [-0.39, 0.29) is 0 Å². The Balaban J connectivity index is 0.000000383. The van der Waals surface area contributed by atoms with Crippen LogP contribution in [0.2, 0.25) is 5.02 Å². The number of halogens is 4. The van der Waals surface area contributed by atoms with Crippen LogP contribution in [0.4, 0.5) is 13.2 Å². The molecule has 1 aromatic heterocycles. The molecular weight excluding hydrogens is 461 g/mol. The molecule has 0 atom stereocenters. The summed E-state index contributed by atoms with van der Waals surface area (Å²) in [5.41, 5.74) is 4.13. The monoisotopic (exact) mass is 484 g/mol. The maximum Gasteiger partial charge on any atom is 0.490 e. The lowest BCUT2D eigenvalue weighted by atomic mass is 10.0. The number of carboxylic acids is 1. The Morgan fingerprint density at radius 3 is 2.48 bits per heavy atom. The van der Waals surface area contributed by atoms with Gasteiger partial charge in [0.2, 0.25) is 0 Å². The number of nitrogens with one attached hydrogen (secondary N) is 1. The van der Waals surface area contributed by atoms with E-state index in [1.54, 1.807) is 7.11 Å². The van der Waals surface area contributed by atoms with Crippen molar-refractivity contribution >= 4 is 28.5 Å². The third-order valence-corrected chi connectivity index (χ3v) is 5.44. The third kappa shape index (κ3) is 6.33. The Bertz CT molecular complexity index is 1100.